The van der Waals surface area contributed by atoms with Gasteiger partial charge in [-0.1, -0.05) is 0 Å². The molecule has 4 rings (SSSR count). The standard InChI is InChI=1S/C24H23F3N4O4/c25-24(26,27)35-21-7-5-20(6-8-21)34-19-3-1-16(2-4-19)23-29-17(9-12-32)13-18(30-23)14-31-11-10-28-22(33)15-31/h1-8,13,32H,9-12,14-15H2,(H,28,33). The third-order valence-electron chi connectivity index (χ3n) is 5.11. The zero-order valence-corrected chi connectivity index (χ0v) is 18.6. The lowest BCUT2D eigenvalue weighted by Gasteiger charge is -2.26. The quantitative estimate of drug-likeness (QED) is 0.502. The lowest BCUT2D eigenvalue weighted by molar-refractivity contribution is -0.274. The van der Waals surface area contributed by atoms with Crippen molar-refractivity contribution in [1.82, 2.24) is 20.2 Å². The highest BCUT2D eigenvalue weighted by Crippen LogP contribution is 2.28. The van der Waals surface area contributed by atoms with E-state index in [1.54, 1.807) is 24.3 Å². The number of nitrogens with one attached hydrogen (secondary N) is 1. The average Bonchev–Trinajstić information content (AvgIpc) is 2.80. The average molecular weight is 488 g/mol. The smallest absolute Gasteiger partial charge is 0.457 e. The fourth-order valence-corrected chi connectivity index (χ4v) is 3.58. The molecule has 0 saturated carbocycles. The number of amides is 1. The molecular weight excluding hydrogens is 465 g/mol. The van der Waals surface area contributed by atoms with Crippen molar-refractivity contribution in [3.05, 3.63) is 66.0 Å². The number of carbonyl (C=O) groups excluding carboxylic acids is 1. The predicted octanol–water partition coefficient (Wildman–Crippen LogP) is 3.30. The largest absolute Gasteiger partial charge is 0.573 e. The summed E-state index contributed by atoms with van der Waals surface area (Å²) in [6.45, 7) is 2.03. The first-order chi connectivity index (χ1) is 16.8. The molecule has 8 nitrogen and oxygen atoms in total. The van der Waals surface area contributed by atoms with Gasteiger partial charge in [-0.3, -0.25) is 9.69 Å². The summed E-state index contributed by atoms with van der Waals surface area (Å²) in [6.07, 6.45) is -4.38. The van der Waals surface area contributed by atoms with Gasteiger partial charge in [-0.2, -0.15) is 0 Å². The van der Waals surface area contributed by atoms with Crippen LogP contribution in [0.4, 0.5) is 13.2 Å². The number of nitrogens with zero attached hydrogens (tertiary/aromatic N) is 3. The maximum absolute atomic E-state index is 12.3. The number of hydrogen-bond acceptors (Lipinski definition) is 7. The van der Waals surface area contributed by atoms with Gasteiger partial charge in [-0.05, 0) is 54.6 Å². The Bertz CT molecular complexity index is 1150. The van der Waals surface area contributed by atoms with E-state index in [1.165, 1.54) is 24.3 Å². The Morgan fingerprint density at radius 2 is 1.60 bits per heavy atom. The molecule has 1 saturated heterocycles. The van der Waals surface area contributed by atoms with Crippen molar-refractivity contribution < 1.29 is 32.5 Å². The first-order valence-electron chi connectivity index (χ1n) is 10.9. The minimum atomic E-state index is -4.75. The molecule has 0 spiro atoms. The van der Waals surface area contributed by atoms with E-state index in [1.807, 2.05) is 11.0 Å². The molecule has 1 aliphatic rings. The number of benzene rings is 2. The lowest BCUT2D eigenvalue weighted by Crippen LogP contribution is -2.47. The monoisotopic (exact) mass is 488 g/mol. The molecule has 2 N–H and O–H groups in total. The maximum Gasteiger partial charge on any atom is 0.573 e. The van der Waals surface area contributed by atoms with E-state index in [9.17, 15) is 23.1 Å². The van der Waals surface area contributed by atoms with Gasteiger partial charge in [-0.15, -0.1) is 13.2 Å². The molecular formula is C24H23F3N4O4. The molecule has 2 aromatic carbocycles. The Kier molecular flexibility index (Phi) is 7.47. The fraction of sp³-hybridized carbons (Fsp3) is 0.292. The Morgan fingerprint density at radius 1 is 0.971 bits per heavy atom. The maximum atomic E-state index is 12.3. The fourth-order valence-electron chi connectivity index (χ4n) is 3.58. The van der Waals surface area contributed by atoms with Gasteiger partial charge in [0.15, 0.2) is 5.82 Å². The number of alkyl halides is 3. The van der Waals surface area contributed by atoms with Crippen LogP contribution < -0.4 is 14.8 Å². The van der Waals surface area contributed by atoms with Crippen molar-refractivity contribution in [3.63, 3.8) is 0 Å². The Labute approximate surface area is 199 Å². The number of carbonyl (C=O) groups is 1. The first kappa shape index (κ1) is 24.4. The Balaban J connectivity index is 1.47. The molecule has 0 atom stereocenters. The van der Waals surface area contributed by atoms with Crippen LogP contribution in [0.5, 0.6) is 17.2 Å². The van der Waals surface area contributed by atoms with E-state index in [0.29, 0.717) is 49.1 Å². The number of hydrogen-bond donors (Lipinski definition) is 2. The summed E-state index contributed by atoms with van der Waals surface area (Å²) >= 11 is 0. The number of ether oxygens (including phenoxy) is 2. The highest BCUT2D eigenvalue weighted by molar-refractivity contribution is 5.78. The van der Waals surface area contributed by atoms with E-state index in [4.69, 9.17) is 4.74 Å². The number of aliphatic hydroxyl groups excluding tert-OH is 1. The normalized spacial score (nSPS) is 14.5. The summed E-state index contributed by atoms with van der Waals surface area (Å²) in [7, 11) is 0. The molecule has 35 heavy (non-hydrogen) atoms. The SMILES string of the molecule is O=C1CN(Cc2cc(CCO)nc(-c3ccc(Oc4ccc(OC(F)(F)F)cc4)cc3)n2)CCN1. The molecule has 0 radical (unpaired) electrons. The van der Waals surface area contributed by atoms with Gasteiger partial charge in [0.2, 0.25) is 5.91 Å². The minimum absolute atomic E-state index is 0.0285. The molecule has 1 aliphatic heterocycles. The Hall–Kier alpha value is -3.70. The van der Waals surface area contributed by atoms with E-state index < -0.39 is 6.36 Å². The van der Waals surface area contributed by atoms with E-state index in [-0.39, 0.29) is 18.3 Å². The third kappa shape index (κ3) is 7.14. The van der Waals surface area contributed by atoms with Crippen LogP contribution >= 0.6 is 0 Å². The molecule has 184 valence electrons. The highest BCUT2D eigenvalue weighted by Gasteiger charge is 2.31. The molecule has 0 aliphatic carbocycles. The van der Waals surface area contributed by atoms with Crippen molar-refractivity contribution >= 4 is 5.91 Å². The van der Waals surface area contributed by atoms with Gasteiger partial charge < -0.3 is 19.9 Å². The van der Waals surface area contributed by atoms with Crippen molar-refractivity contribution in [2.24, 2.45) is 0 Å². The van der Waals surface area contributed by atoms with E-state index in [0.717, 1.165) is 17.8 Å². The number of piperazine rings is 1. The van der Waals surface area contributed by atoms with Crippen LogP contribution in [0.2, 0.25) is 0 Å². The second-order valence-corrected chi connectivity index (χ2v) is 7.85. The van der Waals surface area contributed by atoms with Crippen LogP contribution in [0.25, 0.3) is 11.4 Å². The number of aliphatic hydroxyl groups is 1. The van der Waals surface area contributed by atoms with Crippen molar-refractivity contribution in [2.75, 3.05) is 26.2 Å². The molecule has 1 fully saturated rings. The van der Waals surface area contributed by atoms with Crippen LogP contribution in [-0.2, 0) is 17.8 Å². The Morgan fingerprint density at radius 3 is 2.23 bits per heavy atom. The lowest BCUT2D eigenvalue weighted by atomic mass is 10.1. The van der Waals surface area contributed by atoms with E-state index >= 15 is 0 Å². The van der Waals surface area contributed by atoms with Gasteiger partial charge in [0.25, 0.3) is 0 Å². The van der Waals surface area contributed by atoms with E-state index in [2.05, 4.69) is 20.0 Å². The highest BCUT2D eigenvalue weighted by atomic mass is 19.4. The second kappa shape index (κ2) is 10.7. The zero-order chi connectivity index (χ0) is 24.8. The molecule has 2 heterocycles. The van der Waals surface area contributed by atoms with Crippen molar-refractivity contribution in [1.29, 1.82) is 0 Å². The molecule has 0 bridgehead atoms. The van der Waals surface area contributed by atoms with Crippen molar-refractivity contribution in [2.45, 2.75) is 19.3 Å². The summed E-state index contributed by atoms with van der Waals surface area (Å²) < 4.78 is 46.4. The summed E-state index contributed by atoms with van der Waals surface area (Å²) in [6, 6.07) is 13.9. The number of halogens is 3. The third-order valence-corrected chi connectivity index (χ3v) is 5.11. The van der Waals surface area contributed by atoms with Crippen LogP contribution in [0.1, 0.15) is 11.4 Å². The van der Waals surface area contributed by atoms with Crippen molar-refractivity contribution in [3.8, 4) is 28.6 Å². The van der Waals surface area contributed by atoms with Gasteiger partial charge in [0.1, 0.15) is 17.2 Å². The predicted molar refractivity (Wildman–Crippen MR) is 120 cm³/mol. The summed E-state index contributed by atoms with van der Waals surface area (Å²) in [5.74, 6) is 0.943. The number of aromatic nitrogens is 2. The summed E-state index contributed by atoms with van der Waals surface area (Å²) in [4.78, 5) is 22.9. The molecule has 1 amide bonds. The van der Waals surface area contributed by atoms with Gasteiger partial charge >= 0.3 is 6.36 Å². The summed E-state index contributed by atoms with van der Waals surface area (Å²) in [5.41, 5.74) is 2.16. The molecule has 11 heteroatoms. The minimum Gasteiger partial charge on any atom is -0.457 e. The van der Waals surface area contributed by atoms with Crippen LogP contribution in [0.15, 0.2) is 54.6 Å². The summed E-state index contributed by atoms with van der Waals surface area (Å²) in [5, 5.41) is 12.2. The van der Waals surface area contributed by atoms with Gasteiger partial charge in [0, 0.05) is 43.9 Å². The molecule has 3 aromatic rings. The van der Waals surface area contributed by atoms with Crippen LogP contribution in [0, 0.1) is 0 Å². The number of rotatable bonds is 8. The molecule has 0 unspecified atom stereocenters. The molecule has 1 aromatic heterocycles. The first-order valence-corrected chi connectivity index (χ1v) is 10.9. The second-order valence-electron chi connectivity index (χ2n) is 7.85. The van der Waals surface area contributed by atoms with Gasteiger partial charge in [-0.25, -0.2) is 9.97 Å². The van der Waals surface area contributed by atoms with Gasteiger partial charge in [0.05, 0.1) is 12.2 Å². The van der Waals surface area contributed by atoms with Crippen LogP contribution in [-0.4, -0.2) is 58.5 Å². The van der Waals surface area contributed by atoms with Crippen LogP contribution in [0.3, 0.4) is 0 Å². The topological polar surface area (TPSA) is 96.8 Å². The zero-order valence-electron chi connectivity index (χ0n) is 18.6.